The van der Waals surface area contributed by atoms with E-state index in [1.165, 1.54) is 0 Å². The van der Waals surface area contributed by atoms with Crippen LogP contribution in [0.2, 0.25) is 0 Å². The first-order valence-corrected chi connectivity index (χ1v) is 10.9. The second-order valence-electron chi connectivity index (χ2n) is 6.81. The molecule has 1 atom stereocenters. The van der Waals surface area contributed by atoms with Crippen molar-refractivity contribution in [1.82, 2.24) is 21.3 Å². The lowest BCUT2D eigenvalue weighted by Gasteiger charge is -2.11. The van der Waals surface area contributed by atoms with Crippen molar-refractivity contribution in [2.45, 2.75) is 25.3 Å². The summed E-state index contributed by atoms with van der Waals surface area (Å²) in [6.45, 7) is 3.83. The van der Waals surface area contributed by atoms with E-state index in [0.717, 1.165) is 6.54 Å². The summed E-state index contributed by atoms with van der Waals surface area (Å²) in [5.41, 5.74) is 0. The van der Waals surface area contributed by atoms with Crippen molar-refractivity contribution in [2.75, 3.05) is 86.6 Å². The zero-order valence-corrected chi connectivity index (χ0v) is 19.3. The van der Waals surface area contributed by atoms with Gasteiger partial charge in [0.1, 0.15) is 19.3 Å². The predicted molar refractivity (Wildman–Crippen MR) is 118 cm³/mol. The maximum atomic E-state index is 11.6. The molecule has 0 saturated carbocycles. The number of aliphatic carboxylic acids is 1. The van der Waals surface area contributed by atoms with Gasteiger partial charge in [0.05, 0.1) is 39.6 Å². The van der Waals surface area contributed by atoms with Gasteiger partial charge in [-0.15, -0.1) is 0 Å². The summed E-state index contributed by atoms with van der Waals surface area (Å²) in [6.07, 6.45) is 1.90. The molecule has 0 aromatic carbocycles. The monoisotopic (exact) mass is 464 g/mol. The van der Waals surface area contributed by atoms with Gasteiger partial charge in [-0.2, -0.15) is 0 Å². The second kappa shape index (κ2) is 22.4. The van der Waals surface area contributed by atoms with Crippen LogP contribution in [0, 0.1) is 0 Å². The second-order valence-corrected chi connectivity index (χ2v) is 6.81. The average molecular weight is 465 g/mol. The lowest BCUT2D eigenvalue weighted by Crippen LogP contribution is -2.34. The van der Waals surface area contributed by atoms with E-state index in [1.54, 1.807) is 7.05 Å². The minimum Gasteiger partial charge on any atom is -0.480 e. The number of hydrogen-bond acceptors (Lipinski definition) is 9. The maximum Gasteiger partial charge on any atom is 0.320 e. The molecular weight excluding hydrogens is 424 g/mol. The lowest BCUT2D eigenvalue weighted by molar-refractivity contribution is -0.139. The molecule has 0 heterocycles. The number of rotatable bonds is 23. The third-order valence-electron chi connectivity index (χ3n) is 4.16. The van der Waals surface area contributed by atoms with Gasteiger partial charge in [0.15, 0.2) is 0 Å². The first kappa shape index (κ1) is 30.2. The molecule has 188 valence electrons. The summed E-state index contributed by atoms with van der Waals surface area (Å²) < 4.78 is 21.0. The fraction of sp³-hybridized carbons (Fsp3) is 0.850. The number of hydrogen-bond donors (Lipinski definition) is 5. The van der Waals surface area contributed by atoms with Crippen LogP contribution in [0.25, 0.3) is 0 Å². The van der Waals surface area contributed by atoms with E-state index >= 15 is 0 Å². The van der Waals surface area contributed by atoms with E-state index in [4.69, 9.17) is 24.1 Å². The zero-order chi connectivity index (χ0) is 23.9. The molecular formula is C20H40N4O8. The van der Waals surface area contributed by atoms with Crippen LogP contribution >= 0.6 is 0 Å². The van der Waals surface area contributed by atoms with Crippen LogP contribution in [0.15, 0.2) is 0 Å². The van der Waals surface area contributed by atoms with Crippen molar-refractivity contribution in [1.29, 1.82) is 0 Å². The topological polar surface area (TPSA) is 156 Å². The van der Waals surface area contributed by atoms with E-state index in [1.807, 2.05) is 7.05 Å². The number of carboxylic acids is 1. The van der Waals surface area contributed by atoms with Gasteiger partial charge >= 0.3 is 5.97 Å². The normalized spacial score (nSPS) is 11.8. The van der Waals surface area contributed by atoms with E-state index in [9.17, 15) is 14.4 Å². The fourth-order valence-electron chi connectivity index (χ4n) is 2.40. The van der Waals surface area contributed by atoms with E-state index < -0.39 is 12.0 Å². The van der Waals surface area contributed by atoms with Crippen LogP contribution in [0.1, 0.15) is 19.3 Å². The molecule has 0 radical (unpaired) electrons. The molecule has 0 aromatic heterocycles. The molecule has 0 aliphatic heterocycles. The Morgan fingerprint density at radius 1 is 0.719 bits per heavy atom. The number of amides is 2. The number of nitrogens with one attached hydrogen (secondary N) is 4. The number of likely N-dealkylation sites (N-methyl/N-ethyl adjacent to an activating group) is 2. The first-order valence-electron chi connectivity index (χ1n) is 10.9. The van der Waals surface area contributed by atoms with Crippen molar-refractivity contribution in [3.05, 3.63) is 0 Å². The molecule has 32 heavy (non-hydrogen) atoms. The molecule has 0 rings (SSSR count). The quantitative estimate of drug-likeness (QED) is 0.111. The standard InChI is InChI=1S/C20H40N4O8/c1-21-7-9-29-11-13-32-16-19(26)24-8-10-30-12-14-31-15-18(25)23-6-4-3-5-17(22-2)20(27)28/h17,21-22H,3-16H2,1-2H3,(H,23,25)(H,24,26)(H,27,28). The number of unbranched alkanes of at least 4 members (excludes halogenated alkanes) is 1. The van der Waals surface area contributed by atoms with Gasteiger partial charge in [0.25, 0.3) is 0 Å². The van der Waals surface area contributed by atoms with Crippen molar-refractivity contribution in [3.63, 3.8) is 0 Å². The Bertz CT molecular complexity index is 496. The van der Waals surface area contributed by atoms with Gasteiger partial charge < -0.3 is 45.3 Å². The highest BCUT2D eigenvalue weighted by atomic mass is 16.5. The van der Waals surface area contributed by atoms with Crippen LogP contribution < -0.4 is 21.3 Å². The van der Waals surface area contributed by atoms with Gasteiger partial charge in [-0.3, -0.25) is 14.4 Å². The molecule has 5 N–H and O–H groups in total. The Hall–Kier alpha value is -1.83. The van der Waals surface area contributed by atoms with Gasteiger partial charge in [0, 0.05) is 19.6 Å². The van der Waals surface area contributed by atoms with Crippen LogP contribution in [0.4, 0.5) is 0 Å². The lowest BCUT2D eigenvalue weighted by atomic mass is 10.1. The molecule has 1 unspecified atom stereocenters. The van der Waals surface area contributed by atoms with E-state index in [2.05, 4.69) is 21.3 Å². The third kappa shape index (κ3) is 20.1. The molecule has 0 saturated heterocycles. The Morgan fingerprint density at radius 2 is 1.25 bits per heavy atom. The summed E-state index contributed by atoms with van der Waals surface area (Å²) in [5.74, 6) is -1.32. The highest BCUT2D eigenvalue weighted by Gasteiger charge is 2.13. The van der Waals surface area contributed by atoms with Gasteiger partial charge in [-0.1, -0.05) is 0 Å². The van der Waals surface area contributed by atoms with Crippen molar-refractivity contribution in [2.24, 2.45) is 0 Å². The summed E-state index contributed by atoms with van der Waals surface area (Å²) in [4.78, 5) is 34.0. The molecule has 0 spiro atoms. The molecule has 0 bridgehead atoms. The van der Waals surface area contributed by atoms with Crippen molar-refractivity contribution < 1.29 is 38.4 Å². The molecule has 12 nitrogen and oxygen atoms in total. The third-order valence-corrected chi connectivity index (χ3v) is 4.16. The predicted octanol–water partition coefficient (Wildman–Crippen LogP) is -1.65. The summed E-state index contributed by atoms with van der Waals surface area (Å²) >= 11 is 0. The fourth-order valence-corrected chi connectivity index (χ4v) is 2.40. The summed E-state index contributed by atoms with van der Waals surface area (Å²) in [5, 5.41) is 20.0. The van der Waals surface area contributed by atoms with Crippen LogP contribution in [0.5, 0.6) is 0 Å². The van der Waals surface area contributed by atoms with Gasteiger partial charge in [0.2, 0.25) is 11.8 Å². The molecule has 0 aliphatic carbocycles. The molecule has 0 aromatic rings. The van der Waals surface area contributed by atoms with Crippen LogP contribution in [-0.4, -0.2) is 116 Å². The average Bonchev–Trinajstić information content (AvgIpc) is 2.77. The molecule has 12 heteroatoms. The number of carboxylic acid groups (broad SMARTS) is 1. The Kier molecular flexibility index (Phi) is 21.1. The summed E-state index contributed by atoms with van der Waals surface area (Å²) in [6, 6.07) is -0.561. The highest BCUT2D eigenvalue weighted by Crippen LogP contribution is 2.00. The Labute approximate surface area is 190 Å². The number of carbonyl (C=O) groups excluding carboxylic acids is 2. The molecule has 0 aliphatic rings. The van der Waals surface area contributed by atoms with Gasteiger partial charge in [-0.25, -0.2) is 0 Å². The van der Waals surface area contributed by atoms with Crippen LogP contribution in [0.3, 0.4) is 0 Å². The van der Waals surface area contributed by atoms with Crippen molar-refractivity contribution >= 4 is 17.8 Å². The smallest absolute Gasteiger partial charge is 0.320 e. The highest BCUT2D eigenvalue weighted by molar-refractivity contribution is 5.77. The minimum atomic E-state index is -0.874. The molecule has 0 fully saturated rings. The Balaban J connectivity index is 3.37. The number of ether oxygens (including phenoxy) is 4. The maximum absolute atomic E-state index is 11.6. The van der Waals surface area contributed by atoms with Crippen molar-refractivity contribution in [3.8, 4) is 0 Å². The largest absolute Gasteiger partial charge is 0.480 e. The van der Waals surface area contributed by atoms with E-state index in [-0.39, 0.29) is 31.6 Å². The summed E-state index contributed by atoms with van der Waals surface area (Å²) in [7, 11) is 3.46. The van der Waals surface area contributed by atoms with E-state index in [0.29, 0.717) is 65.4 Å². The molecule has 2 amide bonds. The SMILES string of the molecule is CNCCOCCOCC(=O)NCCOCCOCC(=O)NCCCCC(NC)C(=O)O. The number of carbonyl (C=O) groups is 3. The first-order chi connectivity index (χ1) is 15.5. The zero-order valence-electron chi connectivity index (χ0n) is 19.3. The van der Waals surface area contributed by atoms with Gasteiger partial charge in [-0.05, 0) is 33.4 Å². The Morgan fingerprint density at radius 3 is 1.78 bits per heavy atom. The van der Waals surface area contributed by atoms with Crippen LogP contribution in [-0.2, 0) is 33.3 Å². The minimum absolute atomic E-state index is 0.0246.